The highest BCUT2D eigenvalue weighted by Crippen LogP contribution is 2.26. The zero-order valence-electron chi connectivity index (χ0n) is 12.3. The summed E-state index contributed by atoms with van der Waals surface area (Å²) in [6, 6.07) is 5.78. The number of benzene rings is 1. The average Bonchev–Trinajstić information content (AvgIpc) is 2.85. The summed E-state index contributed by atoms with van der Waals surface area (Å²) in [5.41, 5.74) is 2.00. The highest BCUT2D eigenvalue weighted by atomic mass is 16.5. The van der Waals surface area contributed by atoms with E-state index >= 15 is 0 Å². The molecule has 1 aliphatic heterocycles. The lowest BCUT2D eigenvalue weighted by Crippen LogP contribution is -2.43. The molecule has 0 radical (unpaired) electrons. The molecule has 0 aromatic heterocycles. The van der Waals surface area contributed by atoms with Gasteiger partial charge in [0, 0.05) is 17.5 Å². The Morgan fingerprint density at radius 3 is 2.84 bits per heavy atom. The number of hydrogen-bond donors (Lipinski definition) is 0. The third kappa shape index (κ3) is 2.98. The third-order valence-electron chi connectivity index (χ3n) is 4.29. The molecule has 0 N–H and O–H groups in total. The Kier molecular flexibility index (Phi) is 3.95. The lowest BCUT2D eigenvalue weighted by Gasteiger charge is -2.34. The van der Waals surface area contributed by atoms with Crippen LogP contribution < -0.4 is 4.74 Å². The molecular formula is C16H23NO2. The first-order valence-corrected chi connectivity index (χ1v) is 6.94. The van der Waals surface area contributed by atoms with E-state index in [0.29, 0.717) is 6.54 Å². The van der Waals surface area contributed by atoms with Crippen molar-refractivity contribution in [2.45, 2.75) is 39.2 Å². The molecule has 1 aromatic carbocycles. The Hall–Kier alpha value is -1.35. The van der Waals surface area contributed by atoms with E-state index in [0.717, 1.165) is 36.3 Å². The summed E-state index contributed by atoms with van der Waals surface area (Å²) < 4.78 is 5.46. The second-order valence-electron chi connectivity index (χ2n) is 5.87. The van der Waals surface area contributed by atoms with E-state index in [-0.39, 0.29) is 11.3 Å². The van der Waals surface area contributed by atoms with Crippen LogP contribution in [0.25, 0.3) is 0 Å². The normalized spacial score (nSPS) is 14.4. The summed E-state index contributed by atoms with van der Waals surface area (Å²) in [5, 5.41) is 0. The molecule has 0 saturated carbocycles. The van der Waals surface area contributed by atoms with Gasteiger partial charge >= 0.3 is 0 Å². The maximum Gasteiger partial charge on any atom is 0.176 e. The lowest BCUT2D eigenvalue weighted by molar-refractivity contribution is 0.0847. The second kappa shape index (κ2) is 5.33. The van der Waals surface area contributed by atoms with E-state index < -0.39 is 0 Å². The van der Waals surface area contributed by atoms with Gasteiger partial charge in [-0.15, -0.1) is 0 Å². The molecule has 19 heavy (non-hydrogen) atoms. The molecule has 1 aliphatic rings. The minimum atomic E-state index is 0.0511. The summed E-state index contributed by atoms with van der Waals surface area (Å²) in [6.45, 7) is 7.66. The zero-order chi connectivity index (χ0) is 14.0. The summed E-state index contributed by atoms with van der Waals surface area (Å²) >= 11 is 0. The van der Waals surface area contributed by atoms with Gasteiger partial charge in [0.1, 0.15) is 5.75 Å². The van der Waals surface area contributed by atoms with E-state index in [2.05, 4.69) is 25.7 Å². The highest BCUT2D eigenvalue weighted by Gasteiger charge is 2.24. The Bertz CT molecular complexity index is 480. The van der Waals surface area contributed by atoms with Gasteiger partial charge in [-0.1, -0.05) is 6.92 Å². The predicted octanol–water partition coefficient (Wildman–Crippen LogP) is 2.92. The van der Waals surface area contributed by atoms with Crippen LogP contribution in [-0.2, 0) is 6.42 Å². The fraction of sp³-hybridized carbons (Fsp3) is 0.562. The number of rotatable bonds is 5. The molecule has 0 spiro atoms. The van der Waals surface area contributed by atoms with Crippen LogP contribution in [0.4, 0.5) is 0 Å². The molecule has 2 rings (SSSR count). The van der Waals surface area contributed by atoms with E-state index in [4.69, 9.17) is 4.74 Å². The predicted molar refractivity (Wildman–Crippen MR) is 77.0 cm³/mol. The Morgan fingerprint density at radius 1 is 1.42 bits per heavy atom. The lowest BCUT2D eigenvalue weighted by atomic mass is 9.98. The largest absolute Gasteiger partial charge is 0.493 e. The zero-order valence-corrected chi connectivity index (χ0v) is 12.3. The molecule has 0 atom stereocenters. The number of likely N-dealkylation sites (N-methyl/N-ethyl adjacent to an activating group) is 1. The fourth-order valence-electron chi connectivity index (χ4n) is 2.15. The van der Waals surface area contributed by atoms with Crippen molar-refractivity contribution in [3.8, 4) is 5.75 Å². The van der Waals surface area contributed by atoms with Crippen LogP contribution in [0.1, 0.15) is 43.1 Å². The van der Waals surface area contributed by atoms with Crippen LogP contribution >= 0.6 is 0 Å². The fourth-order valence-corrected chi connectivity index (χ4v) is 2.15. The van der Waals surface area contributed by atoms with Gasteiger partial charge in [-0.05, 0) is 51.1 Å². The van der Waals surface area contributed by atoms with Crippen molar-refractivity contribution in [2.24, 2.45) is 0 Å². The van der Waals surface area contributed by atoms with Crippen molar-refractivity contribution < 1.29 is 9.53 Å². The van der Waals surface area contributed by atoms with Gasteiger partial charge in [0.15, 0.2) is 5.78 Å². The molecule has 104 valence electrons. The van der Waals surface area contributed by atoms with Gasteiger partial charge in [-0.2, -0.15) is 0 Å². The van der Waals surface area contributed by atoms with Crippen molar-refractivity contribution in [2.75, 3.05) is 20.2 Å². The summed E-state index contributed by atoms with van der Waals surface area (Å²) in [6.07, 6.45) is 1.93. The number of fused-ring (bicyclic) bond motifs is 1. The summed E-state index contributed by atoms with van der Waals surface area (Å²) in [5.74, 6) is 1.11. The van der Waals surface area contributed by atoms with Crippen molar-refractivity contribution in [1.82, 2.24) is 4.90 Å². The van der Waals surface area contributed by atoms with Crippen LogP contribution in [0, 0.1) is 0 Å². The van der Waals surface area contributed by atoms with E-state index in [9.17, 15) is 4.79 Å². The number of nitrogens with zero attached hydrogens (tertiary/aromatic N) is 1. The van der Waals surface area contributed by atoms with Gasteiger partial charge in [-0.25, -0.2) is 0 Å². The molecule has 0 bridgehead atoms. The first kappa shape index (κ1) is 14.1. The molecule has 0 unspecified atom stereocenters. The number of ether oxygens (including phenoxy) is 1. The Labute approximate surface area is 115 Å². The third-order valence-corrected chi connectivity index (χ3v) is 4.29. The van der Waals surface area contributed by atoms with Crippen LogP contribution in [0.5, 0.6) is 5.75 Å². The van der Waals surface area contributed by atoms with Crippen LogP contribution in [-0.4, -0.2) is 36.4 Å². The number of carbonyl (C=O) groups is 1. The molecule has 0 amide bonds. The van der Waals surface area contributed by atoms with Gasteiger partial charge < -0.3 is 4.74 Å². The molecule has 0 saturated heterocycles. The van der Waals surface area contributed by atoms with E-state index in [1.165, 1.54) is 0 Å². The van der Waals surface area contributed by atoms with Crippen molar-refractivity contribution >= 4 is 5.78 Å². The smallest absolute Gasteiger partial charge is 0.176 e. The minimum Gasteiger partial charge on any atom is -0.493 e. The van der Waals surface area contributed by atoms with Crippen LogP contribution in [0.3, 0.4) is 0 Å². The molecule has 3 nitrogen and oxygen atoms in total. The molecule has 0 fully saturated rings. The Balaban J connectivity index is 2.08. The standard InChI is InChI=1S/C16H23NO2/c1-5-16(2,3)17(4)11-14(18)12-6-7-15-13(10-12)8-9-19-15/h6-7,10H,5,8-9,11H2,1-4H3. The van der Waals surface area contributed by atoms with E-state index in [1.54, 1.807) is 0 Å². The molecule has 0 aliphatic carbocycles. The monoisotopic (exact) mass is 261 g/mol. The number of carbonyl (C=O) groups excluding carboxylic acids is 1. The topological polar surface area (TPSA) is 29.5 Å². The summed E-state index contributed by atoms with van der Waals surface area (Å²) in [7, 11) is 2.01. The number of Topliss-reactive ketones (excluding diaryl/α,β-unsaturated/α-hetero) is 1. The molecule has 1 heterocycles. The number of ketones is 1. The Morgan fingerprint density at radius 2 is 2.16 bits per heavy atom. The van der Waals surface area contributed by atoms with Crippen LogP contribution in [0.2, 0.25) is 0 Å². The highest BCUT2D eigenvalue weighted by molar-refractivity contribution is 5.98. The minimum absolute atomic E-state index is 0.0511. The van der Waals surface area contributed by atoms with Crippen molar-refractivity contribution in [1.29, 1.82) is 0 Å². The van der Waals surface area contributed by atoms with Crippen molar-refractivity contribution in [3.63, 3.8) is 0 Å². The van der Waals surface area contributed by atoms with Gasteiger partial charge in [-0.3, -0.25) is 9.69 Å². The summed E-state index contributed by atoms with van der Waals surface area (Å²) in [4.78, 5) is 14.5. The SMILES string of the molecule is CCC(C)(C)N(C)CC(=O)c1ccc2c(c1)CCO2. The second-order valence-corrected chi connectivity index (χ2v) is 5.87. The molecular weight excluding hydrogens is 238 g/mol. The van der Waals surface area contributed by atoms with Crippen molar-refractivity contribution in [3.05, 3.63) is 29.3 Å². The van der Waals surface area contributed by atoms with Crippen LogP contribution in [0.15, 0.2) is 18.2 Å². The number of hydrogen-bond acceptors (Lipinski definition) is 3. The van der Waals surface area contributed by atoms with Gasteiger partial charge in [0.2, 0.25) is 0 Å². The molecule has 3 heteroatoms. The quantitative estimate of drug-likeness (QED) is 0.763. The first-order valence-electron chi connectivity index (χ1n) is 6.94. The maximum absolute atomic E-state index is 12.3. The molecule has 1 aromatic rings. The van der Waals surface area contributed by atoms with Gasteiger partial charge in [0.25, 0.3) is 0 Å². The average molecular weight is 261 g/mol. The van der Waals surface area contributed by atoms with E-state index in [1.807, 2.05) is 25.2 Å². The first-order chi connectivity index (χ1) is 8.94. The van der Waals surface area contributed by atoms with Gasteiger partial charge in [0.05, 0.1) is 13.2 Å². The maximum atomic E-state index is 12.3.